The van der Waals surface area contributed by atoms with Crippen LogP contribution in [-0.2, 0) is 17.6 Å². The van der Waals surface area contributed by atoms with E-state index in [1.54, 1.807) is 23.5 Å². The third kappa shape index (κ3) is 4.79. The Morgan fingerprint density at radius 2 is 2.24 bits per heavy atom. The van der Waals surface area contributed by atoms with Crippen molar-refractivity contribution in [2.24, 2.45) is 5.92 Å². The fourth-order valence-electron chi connectivity index (χ4n) is 2.74. The van der Waals surface area contributed by atoms with Crippen molar-refractivity contribution < 1.29 is 9.53 Å². The summed E-state index contributed by atoms with van der Waals surface area (Å²) in [6, 6.07) is 7.56. The van der Waals surface area contributed by atoms with E-state index in [2.05, 4.69) is 23.8 Å². The molecule has 0 bridgehead atoms. The molecule has 0 spiro atoms. The molecule has 3 rings (SSSR count). The van der Waals surface area contributed by atoms with E-state index in [-0.39, 0.29) is 5.91 Å². The zero-order valence-electron chi connectivity index (χ0n) is 14.3. The average Bonchev–Trinajstić information content (AvgIpc) is 3.00. The second-order valence-corrected chi connectivity index (χ2v) is 7.31. The molecule has 1 amide bonds. The fourth-order valence-corrected chi connectivity index (χ4v) is 3.92. The monoisotopic (exact) mass is 354 g/mol. The molecule has 1 aromatic heterocycles. The summed E-state index contributed by atoms with van der Waals surface area (Å²) in [5.41, 5.74) is 2.09. The predicted molar refractivity (Wildman–Crippen MR) is 103 cm³/mol. The summed E-state index contributed by atoms with van der Waals surface area (Å²) in [6.07, 6.45) is 8.27. The third-order valence-corrected chi connectivity index (χ3v) is 5.13. The van der Waals surface area contributed by atoms with Gasteiger partial charge in [0.15, 0.2) is 5.13 Å². The molecule has 130 valence electrons. The van der Waals surface area contributed by atoms with Crippen LogP contribution in [-0.4, -0.2) is 17.5 Å². The second-order valence-electron chi connectivity index (χ2n) is 6.23. The maximum absolute atomic E-state index is 12.1. The number of rotatable bonds is 6. The number of thiazole rings is 1. The Hall–Kier alpha value is -2.40. The Bertz CT molecular complexity index is 777. The first-order valence-corrected chi connectivity index (χ1v) is 9.27. The molecule has 4 nitrogen and oxygen atoms in total. The van der Waals surface area contributed by atoms with Crippen LogP contribution in [0.4, 0.5) is 5.13 Å². The molecule has 1 unspecified atom stereocenters. The van der Waals surface area contributed by atoms with E-state index in [0.29, 0.717) is 17.7 Å². The maximum atomic E-state index is 12.1. The normalized spacial score (nSPS) is 16.4. The van der Waals surface area contributed by atoms with Gasteiger partial charge in [0.2, 0.25) is 5.91 Å². The van der Waals surface area contributed by atoms with Gasteiger partial charge in [-0.05, 0) is 49.0 Å². The van der Waals surface area contributed by atoms with Gasteiger partial charge >= 0.3 is 0 Å². The Balaban J connectivity index is 1.57. The largest absolute Gasteiger partial charge is 0.490 e. The smallest absolute Gasteiger partial charge is 0.250 e. The Kier molecular flexibility index (Phi) is 5.66. The Morgan fingerprint density at radius 3 is 3.00 bits per heavy atom. The molecule has 0 fully saturated rings. The van der Waals surface area contributed by atoms with E-state index in [1.165, 1.54) is 17.4 Å². The lowest BCUT2D eigenvalue weighted by Crippen LogP contribution is -2.09. The molecule has 0 aliphatic heterocycles. The van der Waals surface area contributed by atoms with E-state index < -0.39 is 0 Å². The first kappa shape index (κ1) is 17.4. The van der Waals surface area contributed by atoms with Gasteiger partial charge in [-0.15, -0.1) is 11.3 Å². The number of benzene rings is 1. The minimum atomic E-state index is -0.161. The lowest BCUT2D eigenvalue weighted by atomic mass is 9.93. The number of fused-ring (bicyclic) bond motifs is 1. The standard InChI is InChI=1S/C20H22N2O2S/c1-3-12-24-16-8-5-15(6-9-16)7-11-19(23)22-20-21-17-10-4-14(2)13-18(17)25-20/h3,5-9,11,14H,1,4,10,12-13H2,2H3,(H,21,22,23)/b11-7+. The summed E-state index contributed by atoms with van der Waals surface area (Å²) in [5, 5.41) is 3.57. The van der Waals surface area contributed by atoms with Crippen LogP contribution in [0.25, 0.3) is 6.08 Å². The second kappa shape index (κ2) is 8.12. The molecular formula is C20H22N2O2S. The number of aromatic nitrogens is 1. The van der Waals surface area contributed by atoms with Gasteiger partial charge in [0, 0.05) is 11.0 Å². The Labute approximate surface area is 152 Å². The number of hydrogen-bond acceptors (Lipinski definition) is 4. The highest BCUT2D eigenvalue weighted by Gasteiger charge is 2.20. The van der Waals surface area contributed by atoms with Crippen molar-refractivity contribution in [3.63, 3.8) is 0 Å². The summed E-state index contributed by atoms with van der Waals surface area (Å²) < 4.78 is 5.43. The van der Waals surface area contributed by atoms with Gasteiger partial charge in [0.05, 0.1) is 5.69 Å². The van der Waals surface area contributed by atoms with Crippen LogP contribution in [0.2, 0.25) is 0 Å². The predicted octanol–water partition coefficient (Wildman–Crippen LogP) is 4.48. The van der Waals surface area contributed by atoms with Crippen molar-refractivity contribution in [3.05, 3.63) is 59.1 Å². The average molecular weight is 354 g/mol. The van der Waals surface area contributed by atoms with Gasteiger partial charge in [0.1, 0.15) is 12.4 Å². The van der Waals surface area contributed by atoms with Crippen LogP contribution in [0, 0.1) is 5.92 Å². The molecule has 1 heterocycles. The van der Waals surface area contributed by atoms with Crippen LogP contribution < -0.4 is 10.1 Å². The number of anilines is 1. The Morgan fingerprint density at radius 1 is 1.44 bits per heavy atom. The van der Waals surface area contributed by atoms with Crippen LogP contribution in [0.5, 0.6) is 5.75 Å². The fraction of sp³-hybridized carbons (Fsp3) is 0.300. The molecule has 5 heteroatoms. The number of amides is 1. The van der Waals surface area contributed by atoms with Crippen molar-refractivity contribution in [3.8, 4) is 5.75 Å². The highest BCUT2D eigenvalue weighted by molar-refractivity contribution is 7.15. The zero-order chi connectivity index (χ0) is 17.6. The van der Waals surface area contributed by atoms with E-state index in [0.717, 1.165) is 29.8 Å². The van der Waals surface area contributed by atoms with E-state index in [1.807, 2.05) is 24.3 Å². The molecular weight excluding hydrogens is 332 g/mol. The number of ether oxygens (including phenoxy) is 1. The molecule has 0 saturated heterocycles. The van der Waals surface area contributed by atoms with Gasteiger partial charge in [0.25, 0.3) is 0 Å². The lowest BCUT2D eigenvalue weighted by molar-refractivity contribution is -0.111. The van der Waals surface area contributed by atoms with Crippen molar-refractivity contribution >= 4 is 28.5 Å². The van der Waals surface area contributed by atoms with E-state index in [4.69, 9.17) is 4.74 Å². The molecule has 1 aliphatic rings. The summed E-state index contributed by atoms with van der Waals surface area (Å²) in [7, 11) is 0. The van der Waals surface area contributed by atoms with Crippen LogP contribution >= 0.6 is 11.3 Å². The maximum Gasteiger partial charge on any atom is 0.250 e. The van der Waals surface area contributed by atoms with Crippen molar-refractivity contribution in [1.82, 2.24) is 4.98 Å². The summed E-state index contributed by atoms with van der Waals surface area (Å²) in [5.74, 6) is 1.32. The summed E-state index contributed by atoms with van der Waals surface area (Å²) in [4.78, 5) is 18.0. The molecule has 1 aromatic carbocycles. The topological polar surface area (TPSA) is 51.2 Å². The number of aryl methyl sites for hydroxylation is 1. The van der Waals surface area contributed by atoms with Crippen molar-refractivity contribution in [1.29, 1.82) is 0 Å². The van der Waals surface area contributed by atoms with Gasteiger partial charge in [-0.1, -0.05) is 31.7 Å². The number of nitrogens with one attached hydrogen (secondary N) is 1. The molecule has 1 N–H and O–H groups in total. The first-order valence-electron chi connectivity index (χ1n) is 8.45. The van der Waals surface area contributed by atoms with Crippen LogP contribution in [0.3, 0.4) is 0 Å². The minimum absolute atomic E-state index is 0.161. The SMILES string of the molecule is C=CCOc1ccc(/C=C/C(=O)Nc2nc3c(s2)CC(C)CC3)cc1. The first-order chi connectivity index (χ1) is 12.1. The third-order valence-electron chi connectivity index (χ3n) is 4.09. The number of carbonyl (C=O) groups excluding carboxylic acids is 1. The van der Waals surface area contributed by atoms with Crippen molar-refractivity contribution in [2.45, 2.75) is 26.2 Å². The molecule has 1 aliphatic carbocycles. The van der Waals surface area contributed by atoms with Crippen molar-refractivity contribution in [2.75, 3.05) is 11.9 Å². The lowest BCUT2D eigenvalue weighted by Gasteiger charge is -2.15. The van der Waals surface area contributed by atoms with Crippen LogP contribution in [0.1, 0.15) is 29.5 Å². The van der Waals surface area contributed by atoms with Gasteiger partial charge < -0.3 is 4.74 Å². The highest BCUT2D eigenvalue weighted by atomic mass is 32.1. The molecule has 0 radical (unpaired) electrons. The van der Waals surface area contributed by atoms with E-state index in [9.17, 15) is 4.79 Å². The minimum Gasteiger partial charge on any atom is -0.490 e. The highest BCUT2D eigenvalue weighted by Crippen LogP contribution is 2.32. The molecule has 25 heavy (non-hydrogen) atoms. The molecule has 0 saturated carbocycles. The zero-order valence-corrected chi connectivity index (χ0v) is 15.1. The summed E-state index contributed by atoms with van der Waals surface area (Å²) >= 11 is 1.60. The quantitative estimate of drug-likeness (QED) is 0.614. The van der Waals surface area contributed by atoms with Crippen LogP contribution in [0.15, 0.2) is 43.0 Å². The van der Waals surface area contributed by atoms with Gasteiger partial charge in [-0.3, -0.25) is 10.1 Å². The number of hydrogen-bond donors (Lipinski definition) is 1. The number of nitrogens with zero attached hydrogens (tertiary/aromatic N) is 1. The van der Waals surface area contributed by atoms with Gasteiger partial charge in [-0.25, -0.2) is 4.98 Å². The van der Waals surface area contributed by atoms with E-state index >= 15 is 0 Å². The summed E-state index contributed by atoms with van der Waals surface area (Å²) in [6.45, 7) is 6.36. The van der Waals surface area contributed by atoms with Gasteiger partial charge in [-0.2, -0.15) is 0 Å². The number of carbonyl (C=O) groups is 1. The molecule has 1 atom stereocenters. The molecule has 2 aromatic rings.